The first-order chi connectivity index (χ1) is 19.5. The Kier molecular flexibility index (Phi) is 8.70. The van der Waals surface area contributed by atoms with Gasteiger partial charge in [0.2, 0.25) is 5.91 Å². The van der Waals surface area contributed by atoms with E-state index in [9.17, 15) is 43.9 Å². The number of aryl methyl sites for hydroxylation is 1. The highest BCUT2D eigenvalue weighted by atomic mass is 32.2. The molecule has 6 nitrogen and oxygen atoms in total. The molecule has 2 aromatic carbocycles. The monoisotopic (exact) mass is 617 g/mol. The van der Waals surface area contributed by atoms with Gasteiger partial charge in [0.25, 0.3) is 10.0 Å². The molecule has 1 aromatic heterocycles. The molecule has 0 spiro atoms. The van der Waals surface area contributed by atoms with Crippen molar-refractivity contribution < 1.29 is 43.9 Å². The molecule has 4 rings (SSSR count). The van der Waals surface area contributed by atoms with Crippen molar-refractivity contribution in [3.63, 3.8) is 0 Å². The van der Waals surface area contributed by atoms with Gasteiger partial charge in [-0.3, -0.25) is 4.79 Å². The molecule has 2 heterocycles. The van der Waals surface area contributed by atoms with Crippen LogP contribution in [-0.2, 0) is 33.7 Å². The summed E-state index contributed by atoms with van der Waals surface area (Å²) in [5.41, 5.74) is -2.44. The maximum atomic E-state index is 13.9. The van der Waals surface area contributed by atoms with Crippen LogP contribution in [0.25, 0.3) is 0 Å². The fourth-order valence-electron chi connectivity index (χ4n) is 5.18. The predicted molar refractivity (Wildman–Crippen MR) is 138 cm³/mol. The normalized spacial score (nSPS) is 18.6. The van der Waals surface area contributed by atoms with Crippen molar-refractivity contribution in [3.8, 4) is 0 Å². The van der Waals surface area contributed by atoms with Crippen molar-refractivity contribution in [3.05, 3.63) is 94.4 Å². The summed E-state index contributed by atoms with van der Waals surface area (Å²) in [4.78, 5) is 18.6. The fraction of sp³-hybridized carbons (Fsp3) is 0.357. The minimum atomic E-state index is -5.05. The summed E-state index contributed by atoms with van der Waals surface area (Å²) in [7, 11) is -2.82. The van der Waals surface area contributed by atoms with Crippen molar-refractivity contribution in [2.75, 3.05) is 20.1 Å². The molecule has 1 amide bonds. The van der Waals surface area contributed by atoms with Crippen LogP contribution in [0.3, 0.4) is 0 Å². The Bertz CT molecular complexity index is 1530. The van der Waals surface area contributed by atoms with Crippen LogP contribution in [0.15, 0.2) is 65.8 Å². The second kappa shape index (κ2) is 11.6. The van der Waals surface area contributed by atoms with E-state index >= 15 is 0 Å². The lowest BCUT2D eigenvalue weighted by Crippen LogP contribution is -2.47. The Balaban J connectivity index is 1.66. The average Bonchev–Trinajstić information content (AvgIpc) is 2.91. The molecule has 226 valence electrons. The van der Waals surface area contributed by atoms with Gasteiger partial charge in [0, 0.05) is 44.7 Å². The second-order valence-electron chi connectivity index (χ2n) is 10.1. The third-order valence-electron chi connectivity index (χ3n) is 7.21. The molecular weight excluding hydrogens is 591 g/mol. The lowest BCUT2D eigenvalue weighted by molar-refractivity contribution is -0.143. The second-order valence-corrected chi connectivity index (χ2v) is 12.0. The SMILES string of the molecule is Cc1cc(F)ccc1[C@@H]1CN(S(=O)(=O)c2ccccn2)CC[C@H]1C(=O)N(C)Cc1cc(C(F)(F)F)cc(C(F)(F)F)c1. The number of rotatable bonds is 6. The molecule has 0 bridgehead atoms. The smallest absolute Gasteiger partial charge is 0.341 e. The Morgan fingerprint density at radius 2 is 1.64 bits per heavy atom. The molecule has 1 aliphatic heterocycles. The summed E-state index contributed by atoms with van der Waals surface area (Å²) >= 11 is 0. The third kappa shape index (κ3) is 6.75. The Hall–Kier alpha value is -3.52. The first-order valence-electron chi connectivity index (χ1n) is 12.7. The number of nitrogens with zero attached hydrogens (tertiary/aromatic N) is 3. The van der Waals surface area contributed by atoms with Crippen LogP contribution < -0.4 is 0 Å². The number of benzene rings is 2. The average molecular weight is 618 g/mol. The highest BCUT2D eigenvalue weighted by Crippen LogP contribution is 2.39. The number of amides is 1. The van der Waals surface area contributed by atoms with Crippen molar-refractivity contribution in [2.24, 2.45) is 5.92 Å². The first kappa shape index (κ1) is 31.4. The quantitative estimate of drug-likeness (QED) is 0.318. The van der Waals surface area contributed by atoms with E-state index in [1.165, 1.54) is 43.6 Å². The molecule has 42 heavy (non-hydrogen) atoms. The van der Waals surface area contributed by atoms with Gasteiger partial charge in [-0.1, -0.05) is 12.1 Å². The minimum Gasteiger partial charge on any atom is -0.341 e. The van der Waals surface area contributed by atoms with Gasteiger partial charge >= 0.3 is 12.4 Å². The third-order valence-corrected chi connectivity index (χ3v) is 8.99. The van der Waals surface area contributed by atoms with Crippen molar-refractivity contribution >= 4 is 15.9 Å². The standard InChI is InChI=1S/C28H26F7N3O3S/c1-17-11-21(29)6-7-22(17)24-16-38(42(40,41)25-5-3-4-9-36-25)10-8-23(24)26(39)37(2)15-18-12-19(27(30,31)32)14-20(13-18)28(33,34)35/h3-7,9,11-14,23-24H,8,10,15-16H2,1-2H3/t23-,24+/m1/s1. The zero-order valence-electron chi connectivity index (χ0n) is 22.4. The van der Waals surface area contributed by atoms with E-state index in [2.05, 4.69) is 4.98 Å². The maximum Gasteiger partial charge on any atom is 0.416 e. The number of carbonyl (C=O) groups excluding carboxylic acids is 1. The molecule has 14 heteroatoms. The van der Waals surface area contributed by atoms with Crippen LogP contribution in [-0.4, -0.2) is 48.7 Å². The first-order valence-corrected chi connectivity index (χ1v) is 14.1. The lowest BCUT2D eigenvalue weighted by Gasteiger charge is -2.39. The summed E-state index contributed by atoms with van der Waals surface area (Å²) < 4.78 is 122. The summed E-state index contributed by atoms with van der Waals surface area (Å²) in [5, 5.41) is -0.202. The van der Waals surface area contributed by atoms with E-state index in [4.69, 9.17) is 0 Å². The number of halogens is 7. The topological polar surface area (TPSA) is 70.6 Å². The van der Waals surface area contributed by atoms with Gasteiger partial charge in [-0.25, -0.2) is 17.8 Å². The number of pyridine rings is 1. The number of alkyl halides is 6. The number of carbonyl (C=O) groups is 1. The molecule has 0 radical (unpaired) electrons. The zero-order chi connectivity index (χ0) is 31.0. The molecule has 0 aliphatic carbocycles. The van der Waals surface area contributed by atoms with E-state index in [0.29, 0.717) is 23.3 Å². The van der Waals surface area contributed by atoms with Crippen LogP contribution in [0, 0.1) is 18.7 Å². The molecule has 1 aliphatic rings. The summed E-state index contributed by atoms with van der Waals surface area (Å²) in [6.07, 6.45) is -8.78. The molecule has 1 saturated heterocycles. The van der Waals surface area contributed by atoms with Crippen LogP contribution in [0.4, 0.5) is 30.7 Å². The highest BCUT2D eigenvalue weighted by molar-refractivity contribution is 7.89. The molecule has 1 fully saturated rings. The van der Waals surface area contributed by atoms with Gasteiger partial charge in [0.05, 0.1) is 11.1 Å². The van der Waals surface area contributed by atoms with Crippen LogP contribution in [0.5, 0.6) is 0 Å². The van der Waals surface area contributed by atoms with E-state index in [0.717, 1.165) is 9.21 Å². The van der Waals surface area contributed by atoms with Crippen molar-refractivity contribution in [1.29, 1.82) is 0 Å². The minimum absolute atomic E-state index is 0.00683. The van der Waals surface area contributed by atoms with Gasteiger partial charge in [-0.05, 0) is 72.5 Å². The molecule has 0 unspecified atom stereocenters. The van der Waals surface area contributed by atoms with E-state index in [1.807, 2.05) is 0 Å². The van der Waals surface area contributed by atoms with Gasteiger partial charge in [-0.15, -0.1) is 0 Å². The largest absolute Gasteiger partial charge is 0.416 e. The maximum absolute atomic E-state index is 13.9. The molecule has 0 N–H and O–H groups in total. The van der Waals surface area contributed by atoms with Gasteiger partial charge < -0.3 is 4.90 Å². The number of aromatic nitrogens is 1. The number of hydrogen-bond donors (Lipinski definition) is 0. The van der Waals surface area contributed by atoms with E-state index in [1.54, 1.807) is 13.0 Å². The number of piperidine rings is 1. The van der Waals surface area contributed by atoms with E-state index in [-0.39, 0.29) is 36.2 Å². The van der Waals surface area contributed by atoms with Gasteiger partial charge in [0.1, 0.15) is 5.82 Å². The van der Waals surface area contributed by atoms with Gasteiger partial charge in [-0.2, -0.15) is 30.6 Å². The zero-order valence-corrected chi connectivity index (χ0v) is 23.2. The number of hydrogen-bond acceptors (Lipinski definition) is 4. The predicted octanol–water partition coefficient (Wildman–Crippen LogP) is 6.02. The molecule has 3 aromatic rings. The van der Waals surface area contributed by atoms with E-state index < -0.39 is 63.6 Å². The summed E-state index contributed by atoms with van der Waals surface area (Å²) in [6.45, 7) is 0.754. The fourth-order valence-corrected chi connectivity index (χ4v) is 6.60. The number of sulfonamides is 1. The Labute approximate surface area is 237 Å². The summed E-state index contributed by atoms with van der Waals surface area (Å²) in [6, 6.07) is 9.34. The summed E-state index contributed by atoms with van der Waals surface area (Å²) in [5.74, 6) is -2.85. The molecule has 2 atom stereocenters. The van der Waals surface area contributed by atoms with Crippen molar-refractivity contribution in [1.82, 2.24) is 14.2 Å². The molecule has 0 saturated carbocycles. The van der Waals surface area contributed by atoms with Gasteiger partial charge in [0.15, 0.2) is 5.03 Å². The van der Waals surface area contributed by atoms with Crippen LogP contribution >= 0.6 is 0 Å². The van der Waals surface area contributed by atoms with Crippen molar-refractivity contribution in [2.45, 2.75) is 43.2 Å². The van der Waals surface area contributed by atoms with Crippen LogP contribution in [0.2, 0.25) is 0 Å². The Morgan fingerprint density at radius 1 is 1.00 bits per heavy atom. The molecular formula is C28H26F7N3O3S. The lowest BCUT2D eigenvalue weighted by atomic mass is 9.79. The van der Waals surface area contributed by atoms with Crippen LogP contribution in [0.1, 0.15) is 40.2 Å². The Morgan fingerprint density at radius 3 is 2.19 bits per heavy atom. The highest BCUT2D eigenvalue weighted by Gasteiger charge is 2.42.